The summed E-state index contributed by atoms with van der Waals surface area (Å²) in [5.41, 5.74) is 30.7. The molecule has 22 aromatic rings. The highest BCUT2D eigenvalue weighted by molar-refractivity contribution is 6.10. The fourth-order valence-electron chi connectivity index (χ4n) is 15.8. The molecule has 0 aliphatic carbocycles. The predicted octanol–water partition coefficient (Wildman–Crippen LogP) is 25.9. The van der Waals surface area contributed by atoms with Gasteiger partial charge in [0, 0.05) is 130 Å². The number of hydrogen-bond acceptors (Lipinski definition) is 11. The molecule has 0 atom stereocenters. The lowest BCUT2D eigenvalue weighted by molar-refractivity contribution is 1.18. The molecule has 0 unspecified atom stereocenters. The Morgan fingerprint density at radius 1 is 0.147 bits per heavy atom. The van der Waals surface area contributed by atoms with E-state index in [0.29, 0.717) is 5.82 Å². The molecule has 11 heteroatoms. The van der Waals surface area contributed by atoms with Crippen LogP contribution in [0.4, 0.5) is 0 Å². The molecule has 0 amide bonds. The van der Waals surface area contributed by atoms with E-state index in [4.69, 9.17) is 44.9 Å². The Hall–Kier alpha value is -15.9. The Balaban J connectivity index is 0.000000145. The van der Waals surface area contributed by atoms with Gasteiger partial charge in [0.05, 0.1) is 84.0 Å². The summed E-state index contributed by atoms with van der Waals surface area (Å²) in [6.45, 7) is 0. The zero-order chi connectivity index (χ0) is 76.8. The van der Waals surface area contributed by atoms with E-state index >= 15 is 0 Å². The molecule has 0 N–H and O–H groups in total. The van der Waals surface area contributed by atoms with E-state index in [1.54, 1.807) is 0 Å². The van der Waals surface area contributed by atoms with Gasteiger partial charge in [-0.25, -0.2) is 29.9 Å². The van der Waals surface area contributed by atoms with Gasteiger partial charge in [0.1, 0.15) is 0 Å². The lowest BCUT2D eigenvalue weighted by atomic mass is 9.91. The number of rotatable bonds is 12. The average molecular weight is 1480 g/mol. The molecule has 0 aliphatic rings. The summed E-state index contributed by atoms with van der Waals surface area (Å²) < 4.78 is 0. The van der Waals surface area contributed by atoms with Gasteiger partial charge < -0.3 is 0 Å². The molecule has 22 rings (SSSR count). The largest absolute Gasteiger partial charge is 0.256 e. The van der Waals surface area contributed by atoms with Crippen LogP contribution in [0.25, 0.3) is 222 Å². The van der Waals surface area contributed by atoms with Crippen molar-refractivity contribution in [2.45, 2.75) is 0 Å². The Morgan fingerprint density at radius 3 is 1.09 bits per heavy atom. The van der Waals surface area contributed by atoms with E-state index in [1.807, 2.05) is 122 Å². The van der Waals surface area contributed by atoms with Crippen LogP contribution in [0.2, 0.25) is 0 Å². The standard InChI is InChI=1S/C53H33N5.C52H32N6/c1-2-25-54-47(16-1)39-10-3-11-40(28-39)48-23-21-35-18-20-41(33-51(35)57-48)49-24-22-34-17-19-38(32-50(34)58-49)42-29-43(45-14-4-8-36-12-6-26-55-52(36)45)31-44(30-42)46-15-5-9-37-13-7-27-56-53(37)46;1-3-9-34(10-4-1)48-32-49(58-52(57-48)38-11-5-2-6-12-38)35-17-15-33(16-18-35)39-21-19-36-23-25-44(55-46(36)30-39)40-22-20-37-24-26-45(56-47(37)31-40)43-29-41-13-7-27-53-50(41)51-42(43)14-8-28-54-51/h1-33H;1-32H. The Labute approximate surface area is 667 Å². The highest BCUT2D eigenvalue weighted by Crippen LogP contribution is 2.41. The van der Waals surface area contributed by atoms with E-state index in [9.17, 15) is 0 Å². The smallest absolute Gasteiger partial charge is 0.160 e. The first kappa shape index (κ1) is 68.2. The summed E-state index contributed by atoms with van der Waals surface area (Å²) in [6.07, 6.45) is 9.19. The quantitative estimate of drug-likeness (QED) is 0.108. The maximum absolute atomic E-state index is 5.25. The SMILES string of the molecule is c1ccc(-c2cc(-c3ccc(-c4ccc5ccc(-c6ccc7ccc(-c8cc9cccnc9c9ncccc89)nc7c6)nc5c4)cc3)nc(-c3ccccc3)n2)cc1.c1ccc(-c2cccc(-c3ccc4ccc(-c5ccc6ccc(-c7cc(-c8cccc9cccnc89)cc(-c8cccc9cccnc89)c7)cc6n5)cc4n3)c2)nc1. The minimum atomic E-state index is 0.703. The van der Waals surface area contributed by atoms with Crippen molar-refractivity contribution in [1.29, 1.82) is 0 Å². The molecule has 10 aromatic heterocycles. The lowest BCUT2D eigenvalue weighted by Crippen LogP contribution is -1.95. The van der Waals surface area contributed by atoms with Gasteiger partial charge in [-0.05, 0) is 155 Å². The average Bonchev–Trinajstić information content (AvgIpc) is 0.768. The highest BCUT2D eigenvalue weighted by atomic mass is 14.9. The van der Waals surface area contributed by atoms with Crippen molar-refractivity contribution >= 4 is 87.2 Å². The Kier molecular flexibility index (Phi) is 17.3. The van der Waals surface area contributed by atoms with Crippen LogP contribution in [0.1, 0.15) is 0 Å². The third kappa shape index (κ3) is 13.3. The van der Waals surface area contributed by atoms with Crippen molar-refractivity contribution in [3.63, 3.8) is 0 Å². The zero-order valence-electron chi connectivity index (χ0n) is 62.4. The van der Waals surface area contributed by atoms with Crippen LogP contribution in [-0.4, -0.2) is 54.8 Å². The predicted molar refractivity (Wildman–Crippen MR) is 474 cm³/mol. The van der Waals surface area contributed by atoms with Crippen LogP contribution >= 0.6 is 0 Å². The van der Waals surface area contributed by atoms with Gasteiger partial charge in [0.15, 0.2) is 5.82 Å². The highest BCUT2D eigenvalue weighted by Gasteiger charge is 2.19. The van der Waals surface area contributed by atoms with Crippen molar-refractivity contribution in [3.8, 4) is 135 Å². The van der Waals surface area contributed by atoms with Gasteiger partial charge in [0.25, 0.3) is 0 Å². The van der Waals surface area contributed by atoms with Gasteiger partial charge in [-0.3, -0.25) is 24.9 Å². The first-order valence-corrected chi connectivity index (χ1v) is 38.6. The van der Waals surface area contributed by atoms with E-state index in [1.165, 1.54) is 0 Å². The molecule has 0 spiro atoms. The van der Waals surface area contributed by atoms with Gasteiger partial charge in [-0.1, -0.05) is 243 Å². The topological polar surface area (TPSA) is 142 Å². The molecule has 0 saturated carbocycles. The van der Waals surface area contributed by atoms with E-state index in [2.05, 4.69) is 283 Å². The first-order valence-electron chi connectivity index (χ1n) is 38.6. The number of aromatic nitrogens is 11. The molecule has 0 saturated heterocycles. The molecule has 0 fully saturated rings. The van der Waals surface area contributed by atoms with Gasteiger partial charge in [-0.15, -0.1) is 0 Å². The number of nitrogens with zero attached hydrogens (tertiary/aromatic N) is 11. The fourth-order valence-corrected chi connectivity index (χ4v) is 15.8. The molecular weight excluding hydrogens is 1420 g/mol. The second kappa shape index (κ2) is 29.4. The summed E-state index contributed by atoms with van der Waals surface area (Å²) in [6, 6.07) is 126. The van der Waals surface area contributed by atoms with Gasteiger partial charge in [-0.2, -0.15) is 0 Å². The third-order valence-corrected chi connectivity index (χ3v) is 21.7. The van der Waals surface area contributed by atoms with Gasteiger partial charge in [0.2, 0.25) is 0 Å². The summed E-state index contributed by atoms with van der Waals surface area (Å²) in [7, 11) is 0. The Bertz CT molecular complexity index is 7420. The summed E-state index contributed by atoms with van der Waals surface area (Å²) in [5, 5.41) is 8.59. The molecule has 0 bridgehead atoms. The number of benzene rings is 12. The maximum Gasteiger partial charge on any atom is 0.160 e. The first-order chi connectivity index (χ1) is 57.4. The van der Waals surface area contributed by atoms with Crippen molar-refractivity contribution in [3.05, 3.63) is 395 Å². The molecule has 116 heavy (non-hydrogen) atoms. The molecule has 12 aromatic carbocycles. The molecule has 540 valence electrons. The van der Waals surface area contributed by atoms with Crippen LogP contribution in [0, 0.1) is 0 Å². The molecular formula is C105H65N11. The van der Waals surface area contributed by atoms with E-state index in [0.717, 1.165) is 216 Å². The number of para-hydroxylation sites is 2. The molecule has 0 radical (unpaired) electrons. The van der Waals surface area contributed by atoms with Crippen molar-refractivity contribution < 1.29 is 0 Å². The summed E-state index contributed by atoms with van der Waals surface area (Å²) in [4.78, 5) is 54.2. The lowest BCUT2D eigenvalue weighted by Gasteiger charge is -2.14. The van der Waals surface area contributed by atoms with Gasteiger partial charge >= 0.3 is 0 Å². The van der Waals surface area contributed by atoms with E-state index < -0.39 is 0 Å². The summed E-state index contributed by atoms with van der Waals surface area (Å²) in [5.74, 6) is 0.703. The van der Waals surface area contributed by atoms with Crippen LogP contribution in [-0.2, 0) is 0 Å². The van der Waals surface area contributed by atoms with Crippen molar-refractivity contribution in [1.82, 2.24) is 54.8 Å². The minimum Gasteiger partial charge on any atom is -0.256 e. The third-order valence-electron chi connectivity index (χ3n) is 21.7. The number of pyridine rings is 9. The zero-order valence-corrected chi connectivity index (χ0v) is 62.4. The minimum absolute atomic E-state index is 0.703. The van der Waals surface area contributed by atoms with Crippen LogP contribution in [0.15, 0.2) is 395 Å². The fraction of sp³-hybridized carbons (Fsp3) is 0. The number of fused-ring (bicyclic) bond motifs is 9. The molecule has 11 nitrogen and oxygen atoms in total. The van der Waals surface area contributed by atoms with Crippen LogP contribution in [0.3, 0.4) is 0 Å². The van der Waals surface area contributed by atoms with Crippen LogP contribution < -0.4 is 0 Å². The maximum atomic E-state index is 5.25. The second-order valence-corrected chi connectivity index (χ2v) is 28.9. The molecule has 10 heterocycles. The Morgan fingerprint density at radius 2 is 0.526 bits per heavy atom. The van der Waals surface area contributed by atoms with Crippen LogP contribution in [0.5, 0.6) is 0 Å². The summed E-state index contributed by atoms with van der Waals surface area (Å²) >= 11 is 0. The number of hydrogen-bond donors (Lipinski definition) is 0. The second-order valence-electron chi connectivity index (χ2n) is 28.9. The van der Waals surface area contributed by atoms with Crippen molar-refractivity contribution in [2.24, 2.45) is 0 Å². The van der Waals surface area contributed by atoms with Crippen molar-refractivity contribution in [2.75, 3.05) is 0 Å². The molecule has 0 aliphatic heterocycles. The normalized spacial score (nSPS) is 11.4. The monoisotopic (exact) mass is 1480 g/mol. The van der Waals surface area contributed by atoms with E-state index in [-0.39, 0.29) is 0 Å².